The van der Waals surface area contributed by atoms with E-state index in [1.54, 1.807) is 24.7 Å². The average molecular weight is 238 g/mol. The molecule has 0 aliphatic heterocycles. The number of hydrogen-bond acceptors (Lipinski definition) is 4. The van der Waals surface area contributed by atoms with Crippen LogP contribution in [0.4, 0.5) is 5.69 Å². The molecule has 0 aromatic carbocycles. The Kier molecular flexibility index (Phi) is 3.08. The van der Waals surface area contributed by atoms with Crippen LogP contribution in [0, 0.1) is 0 Å². The quantitative estimate of drug-likeness (QED) is 0.873. The molecule has 3 nitrogen and oxygen atoms in total. The zero-order valence-electron chi connectivity index (χ0n) is 7.72. The number of halogens is 1. The van der Waals surface area contributed by atoms with Gasteiger partial charge in [-0.15, -0.1) is 0 Å². The van der Waals surface area contributed by atoms with Crippen LogP contribution in [-0.2, 0) is 0 Å². The summed E-state index contributed by atoms with van der Waals surface area (Å²) in [6.07, 6.45) is 4.99. The van der Waals surface area contributed by atoms with Gasteiger partial charge < -0.3 is 5.73 Å². The number of hydrogen-bond donors (Lipinski definition) is 1. The highest BCUT2D eigenvalue weighted by Gasteiger charge is 2.05. The van der Waals surface area contributed by atoms with Crippen molar-refractivity contribution in [1.82, 2.24) is 9.97 Å². The standard InChI is InChI=1S/C10H8ClN3S/c11-7-6-13-5-3-9(7)15-10-8(12)2-1-4-14-10/h1-6H,12H2. The summed E-state index contributed by atoms with van der Waals surface area (Å²) in [5, 5.41) is 1.36. The Balaban J connectivity index is 2.30. The average Bonchev–Trinajstić information content (AvgIpc) is 2.24. The topological polar surface area (TPSA) is 51.8 Å². The first-order valence-electron chi connectivity index (χ1n) is 4.25. The second kappa shape index (κ2) is 4.51. The van der Waals surface area contributed by atoms with E-state index in [1.165, 1.54) is 11.8 Å². The molecule has 0 saturated heterocycles. The highest BCUT2D eigenvalue weighted by atomic mass is 35.5. The van der Waals surface area contributed by atoms with Crippen molar-refractivity contribution in [3.63, 3.8) is 0 Å². The van der Waals surface area contributed by atoms with E-state index in [0.29, 0.717) is 10.7 Å². The van der Waals surface area contributed by atoms with Gasteiger partial charge >= 0.3 is 0 Å². The summed E-state index contributed by atoms with van der Waals surface area (Å²) >= 11 is 7.41. The number of aromatic nitrogens is 2. The second-order valence-electron chi connectivity index (χ2n) is 2.81. The van der Waals surface area contributed by atoms with Crippen LogP contribution in [0.25, 0.3) is 0 Å². The number of nitrogens with two attached hydrogens (primary N) is 1. The van der Waals surface area contributed by atoms with Gasteiger partial charge in [-0.05, 0) is 18.2 Å². The van der Waals surface area contributed by atoms with Crippen LogP contribution < -0.4 is 5.73 Å². The van der Waals surface area contributed by atoms with Crippen molar-refractivity contribution < 1.29 is 0 Å². The monoisotopic (exact) mass is 237 g/mol. The number of rotatable bonds is 2. The van der Waals surface area contributed by atoms with Crippen LogP contribution in [0.2, 0.25) is 5.02 Å². The Bertz CT molecular complexity index is 432. The minimum absolute atomic E-state index is 0.604. The van der Waals surface area contributed by atoms with E-state index < -0.39 is 0 Å². The molecule has 0 bridgehead atoms. The summed E-state index contributed by atoms with van der Waals surface area (Å²) in [6, 6.07) is 5.44. The lowest BCUT2D eigenvalue weighted by Crippen LogP contribution is -1.90. The van der Waals surface area contributed by atoms with Crippen molar-refractivity contribution >= 4 is 29.1 Å². The fourth-order valence-electron chi connectivity index (χ4n) is 1.04. The van der Waals surface area contributed by atoms with Gasteiger partial charge in [-0.25, -0.2) is 4.98 Å². The number of nitrogen functional groups attached to an aromatic ring is 1. The molecule has 2 N–H and O–H groups in total. The molecule has 0 atom stereocenters. The Morgan fingerprint density at radius 3 is 2.87 bits per heavy atom. The lowest BCUT2D eigenvalue weighted by molar-refractivity contribution is 1.14. The predicted octanol–water partition coefficient (Wildman–Crippen LogP) is 2.86. The fraction of sp³-hybridized carbons (Fsp3) is 0. The van der Waals surface area contributed by atoms with Gasteiger partial charge in [0.1, 0.15) is 5.03 Å². The van der Waals surface area contributed by atoms with Crippen molar-refractivity contribution in [3.05, 3.63) is 41.8 Å². The zero-order valence-corrected chi connectivity index (χ0v) is 9.29. The van der Waals surface area contributed by atoms with E-state index in [9.17, 15) is 0 Å². The van der Waals surface area contributed by atoms with Crippen molar-refractivity contribution in [2.45, 2.75) is 9.92 Å². The molecular formula is C10H8ClN3S. The number of anilines is 1. The smallest absolute Gasteiger partial charge is 0.124 e. The van der Waals surface area contributed by atoms with Gasteiger partial charge in [0.25, 0.3) is 0 Å². The van der Waals surface area contributed by atoms with Crippen LogP contribution in [-0.4, -0.2) is 9.97 Å². The van der Waals surface area contributed by atoms with Crippen LogP contribution in [0.1, 0.15) is 0 Å². The molecule has 0 aliphatic carbocycles. The van der Waals surface area contributed by atoms with Crippen LogP contribution in [0.15, 0.2) is 46.7 Å². The van der Waals surface area contributed by atoms with E-state index in [4.69, 9.17) is 17.3 Å². The molecule has 2 rings (SSSR count). The lowest BCUT2D eigenvalue weighted by atomic mass is 10.4. The molecule has 0 aliphatic rings. The van der Waals surface area contributed by atoms with Gasteiger partial charge in [0.05, 0.1) is 10.7 Å². The lowest BCUT2D eigenvalue weighted by Gasteiger charge is -2.04. The van der Waals surface area contributed by atoms with E-state index in [2.05, 4.69) is 9.97 Å². The third-order valence-electron chi connectivity index (χ3n) is 1.74. The van der Waals surface area contributed by atoms with Gasteiger partial charge in [-0.1, -0.05) is 23.4 Å². The molecule has 0 fully saturated rings. The second-order valence-corrected chi connectivity index (χ2v) is 4.24. The molecule has 0 spiro atoms. The molecule has 0 radical (unpaired) electrons. The first-order valence-corrected chi connectivity index (χ1v) is 5.44. The van der Waals surface area contributed by atoms with Gasteiger partial charge in [0.15, 0.2) is 0 Å². The third kappa shape index (κ3) is 2.40. The molecule has 2 aromatic rings. The summed E-state index contributed by atoms with van der Waals surface area (Å²) in [5.41, 5.74) is 6.42. The maximum atomic E-state index is 5.97. The molecule has 0 amide bonds. The van der Waals surface area contributed by atoms with Crippen LogP contribution in [0.5, 0.6) is 0 Å². The predicted molar refractivity (Wildman–Crippen MR) is 62.0 cm³/mol. The number of nitrogens with zero attached hydrogens (tertiary/aromatic N) is 2. The SMILES string of the molecule is Nc1cccnc1Sc1ccncc1Cl. The van der Waals surface area contributed by atoms with E-state index >= 15 is 0 Å². The summed E-state index contributed by atoms with van der Waals surface area (Å²) in [7, 11) is 0. The Morgan fingerprint density at radius 2 is 2.13 bits per heavy atom. The molecule has 76 valence electrons. The third-order valence-corrected chi connectivity index (χ3v) is 3.27. The van der Waals surface area contributed by atoms with E-state index in [0.717, 1.165) is 9.92 Å². The van der Waals surface area contributed by atoms with Gasteiger partial charge in [0, 0.05) is 23.5 Å². The van der Waals surface area contributed by atoms with E-state index in [1.807, 2.05) is 12.1 Å². The normalized spacial score (nSPS) is 10.2. The largest absolute Gasteiger partial charge is 0.397 e. The van der Waals surface area contributed by atoms with Crippen molar-refractivity contribution in [2.75, 3.05) is 5.73 Å². The Hall–Kier alpha value is -1.26. The summed E-state index contributed by atoms with van der Waals surface area (Å²) in [6.45, 7) is 0. The molecule has 2 heterocycles. The van der Waals surface area contributed by atoms with Crippen molar-refractivity contribution in [3.8, 4) is 0 Å². The highest BCUT2D eigenvalue weighted by Crippen LogP contribution is 2.33. The summed E-state index contributed by atoms with van der Waals surface area (Å²) < 4.78 is 0. The minimum Gasteiger partial charge on any atom is -0.397 e. The van der Waals surface area contributed by atoms with Crippen molar-refractivity contribution in [1.29, 1.82) is 0 Å². The molecule has 0 saturated carbocycles. The summed E-state index contributed by atoms with van der Waals surface area (Å²) in [4.78, 5) is 8.99. The summed E-state index contributed by atoms with van der Waals surface area (Å²) in [5.74, 6) is 0. The zero-order chi connectivity index (χ0) is 10.7. The van der Waals surface area contributed by atoms with E-state index in [-0.39, 0.29) is 0 Å². The molecular weight excluding hydrogens is 230 g/mol. The molecule has 0 unspecified atom stereocenters. The van der Waals surface area contributed by atoms with Gasteiger partial charge in [-0.3, -0.25) is 4.98 Å². The number of pyridine rings is 2. The molecule has 15 heavy (non-hydrogen) atoms. The maximum Gasteiger partial charge on any atom is 0.124 e. The Morgan fingerprint density at radius 1 is 1.27 bits per heavy atom. The Labute approximate surface area is 96.7 Å². The van der Waals surface area contributed by atoms with Gasteiger partial charge in [0.2, 0.25) is 0 Å². The molecule has 5 heteroatoms. The first kappa shape index (κ1) is 10.3. The van der Waals surface area contributed by atoms with Crippen LogP contribution >= 0.6 is 23.4 Å². The molecule has 2 aromatic heterocycles. The highest BCUT2D eigenvalue weighted by molar-refractivity contribution is 7.99. The van der Waals surface area contributed by atoms with Crippen molar-refractivity contribution in [2.24, 2.45) is 0 Å². The fourth-order valence-corrected chi connectivity index (χ4v) is 2.06. The first-order chi connectivity index (χ1) is 7.27. The minimum atomic E-state index is 0.604. The van der Waals surface area contributed by atoms with Gasteiger partial charge in [-0.2, -0.15) is 0 Å². The van der Waals surface area contributed by atoms with Crippen LogP contribution in [0.3, 0.4) is 0 Å². The maximum absolute atomic E-state index is 5.97.